The first kappa shape index (κ1) is 15.4. The van der Waals surface area contributed by atoms with Crippen molar-refractivity contribution in [2.75, 3.05) is 7.11 Å². The SMILES string of the molecule is COC1CCCCC1NC(C)C(=O)NC(C)(C)C. The van der Waals surface area contributed by atoms with Crippen molar-refractivity contribution in [3.63, 3.8) is 0 Å². The quantitative estimate of drug-likeness (QED) is 0.807. The van der Waals surface area contributed by atoms with Crippen molar-refractivity contribution >= 4 is 5.91 Å². The zero-order valence-electron chi connectivity index (χ0n) is 12.4. The number of ether oxygens (including phenoxy) is 1. The Balaban J connectivity index is 2.47. The topological polar surface area (TPSA) is 50.4 Å². The van der Waals surface area contributed by atoms with Crippen molar-refractivity contribution in [2.45, 2.75) is 77.1 Å². The van der Waals surface area contributed by atoms with Crippen molar-refractivity contribution in [1.82, 2.24) is 10.6 Å². The number of nitrogens with one attached hydrogen (secondary N) is 2. The molecule has 4 nitrogen and oxygen atoms in total. The first-order valence-corrected chi connectivity index (χ1v) is 6.94. The summed E-state index contributed by atoms with van der Waals surface area (Å²) in [5.41, 5.74) is -0.180. The van der Waals surface area contributed by atoms with Gasteiger partial charge in [-0.1, -0.05) is 12.8 Å². The summed E-state index contributed by atoms with van der Waals surface area (Å²) in [6.45, 7) is 7.91. The lowest BCUT2D eigenvalue weighted by Gasteiger charge is -2.33. The van der Waals surface area contributed by atoms with Crippen molar-refractivity contribution in [1.29, 1.82) is 0 Å². The van der Waals surface area contributed by atoms with Gasteiger partial charge in [-0.15, -0.1) is 0 Å². The number of carbonyl (C=O) groups excluding carboxylic acids is 1. The molecule has 2 N–H and O–H groups in total. The molecule has 1 aliphatic carbocycles. The summed E-state index contributed by atoms with van der Waals surface area (Å²) >= 11 is 0. The molecule has 0 aromatic carbocycles. The van der Waals surface area contributed by atoms with Gasteiger partial charge in [-0.2, -0.15) is 0 Å². The predicted molar refractivity (Wildman–Crippen MR) is 73.5 cm³/mol. The number of carbonyl (C=O) groups is 1. The van der Waals surface area contributed by atoms with Gasteiger partial charge in [-0.25, -0.2) is 0 Å². The summed E-state index contributed by atoms with van der Waals surface area (Å²) in [6.07, 6.45) is 4.85. The highest BCUT2D eigenvalue weighted by Crippen LogP contribution is 2.21. The van der Waals surface area contributed by atoms with Gasteiger partial charge in [-0.3, -0.25) is 4.79 Å². The van der Waals surface area contributed by atoms with Gasteiger partial charge >= 0.3 is 0 Å². The molecule has 1 rings (SSSR count). The monoisotopic (exact) mass is 256 g/mol. The number of methoxy groups -OCH3 is 1. The fourth-order valence-corrected chi connectivity index (χ4v) is 2.44. The summed E-state index contributed by atoms with van der Waals surface area (Å²) in [5.74, 6) is 0.0583. The molecular formula is C14H28N2O2. The van der Waals surface area contributed by atoms with E-state index >= 15 is 0 Å². The van der Waals surface area contributed by atoms with E-state index in [-0.39, 0.29) is 23.6 Å². The average Bonchev–Trinajstić information content (AvgIpc) is 2.27. The highest BCUT2D eigenvalue weighted by atomic mass is 16.5. The van der Waals surface area contributed by atoms with Crippen molar-refractivity contribution in [3.05, 3.63) is 0 Å². The van der Waals surface area contributed by atoms with Gasteiger partial charge in [0, 0.05) is 18.7 Å². The maximum atomic E-state index is 12.0. The molecule has 0 heterocycles. The molecule has 1 amide bonds. The number of hydrogen-bond acceptors (Lipinski definition) is 3. The molecule has 18 heavy (non-hydrogen) atoms. The molecule has 3 unspecified atom stereocenters. The van der Waals surface area contributed by atoms with E-state index in [2.05, 4.69) is 10.6 Å². The van der Waals surface area contributed by atoms with Gasteiger partial charge in [-0.05, 0) is 40.5 Å². The summed E-state index contributed by atoms with van der Waals surface area (Å²) in [4.78, 5) is 12.0. The molecule has 0 aromatic rings. The smallest absolute Gasteiger partial charge is 0.237 e. The Bertz CT molecular complexity index is 273. The van der Waals surface area contributed by atoms with Crippen LogP contribution in [-0.4, -0.2) is 36.7 Å². The second-order valence-electron chi connectivity index (χ2n) is 6.29. The van der Waals surface area contributed by atoms with E-state index in [1.54, 1.807) is 7.11 Å². The van der Waals surface area contributed by atoms with Crippen molar-refractivity contribution in [3.8, 4) is 0 Å². The third kappa shape index (κ3) is 4.94. The Morgan fingerprint density at radius 2 is 1.89 bits per heavy atom. The summed E-state index contributed by atoms with van der Waals surface area (Å²) in [5, 5.41) is 6.40. The van der Waals surface area contributed by atoms with E-state index in [0.29, 0.717) is 6.04 Å². The van der Waals surface area contributed by atoms with Crippen LogP contribution in [0.25, 0.3) is 0 Å². The molecule has 0 spiro atoms. The molecule has 0 aliphatic heterocycles. The summed E-state index contributed by atoms with van der Waals surface area (Å²) in [7, 11) is 1.75. The summed E-state index contributed by atoms with van der Waals surface area (Å²) in [6, 6.07) is 0.120. The molecule has 0 bridgehead atoms. The van der Waals surface area contributed by atoms with E-state index in [1.807, 2.05) is 27.7 Å². The highest BCUT2D eigenvalue weighted by Gasteiger charge is 2.28. The Morgan fingerprint density at radius 1 is 1.28 bits per heavy atom. The molecule has 0 saturated heterocycles. The molecule has 4 heteroatoms. The van der Waals surface area contributed by atoms with Crippen LogP contribution in [0, 0.1) is 0 Å². The van der Waals surface area contributed by atoms with Gasteiger partial charge < -0.3 is 15.4 Å². The minimum atomic E-state index is -0.180. The molecule has 3 atom stereocenters. The van der Waals surface area contributed by atoms with Crippen LogP contribution in [-0.2, 0) is 9.53 Å². The molecule has 0 radical (unpaired) electrons. The largest absolute Gasteiger partial charge is 0.380 e. The van der Waals surface area contributed by atoms with Crippen LogP contribution < -0.4 is 10.6 Å². The zero-order chi connectivity index (χ0) is 13.8. The molecule has 1 fully saturated rings. The minimum Gasteiger partial charge on any atom is -0.380 e. The standard InChI is InChI=1S/C14H28N2O2/c1-10(13(17)16-14(2,3)4)15-11-8-6-7-9-12(11)18-5/h10-12,15H,6-9H2,1-5H3,(H,16,17). The maximum Gasteiger partial charge on any atom is 0.237 e. The van der Waals surface area contributed by atoms with Crippen LogP contribution >= 0.6 is 0 Å². The first-order chi connectivity index (χ1) is 8.33. The van der Waals surface area contributed by atoms with Crippen LogP contribution in [0.15, 0.2) is 0 Å². The second kappa shape index (κ2) is 6.53. The average molecular weight is 256 g/mol. The van der Waals surface area contributed by atoms with Gasteiger partial charge in [0.15, 0.2) is 0 Å². The van der Waals surface area contributed by atoms with Crippen LogP contribution in [0.5, 0.6) is 0 Å². The van der Waals surface area contributed by atoms with E-state index in [0.717, 1.165) is 12.8 Å². The van der Waals surface area contributed by atoms with Crippen LogP contribution in [0.2, 0.25) is 0 Å². The Labute approximate surface area is 111 Å². The van der Waals surface area contributed by atoms with Crippen molar-refractivity contribution in [2.24, 2.45) is 0 Å². The number of rotatable bonds is 4. The van der Waals surface area contributed by atoms with Crippen molar-refractivity contribution < 1.29 is 9.53 Å². The molecule has 1 saturated carbocycles. The minimum absolute atomic E-state index is 0.0583. The normalized spacial score (nSPS) is 26.7. The molecule has 1 aliphatic rings. The van der Waals surface area contributed by atoms with E-state index in [1.165, 1.54) is 12.8 Å². The first-order valence-electron chi connectivity index (χ1n) is 6.94. The second-order valence-corrected chi connectivity index (χ2v) is 6.29. The number of amides is 1. The van der Waals surface area contributed by atoms with Gasteiger partial charge in [0.25, 0.3) is 0 Å². The maximum absolute atomic E-state index is 12.0. The van der Waals surface area contributed by atoms with Crippen LogP contribution in [0.3, 0.4) is 0 Å². The lowest BCUT2D eigenvalue weighted by molar-refractivity contribution is -0.124. The summed E-state index contributed by atoms with van der Waals surface area (Å²) < 4.78 is 5.49. The van der Waals surface area contributed by atoms with Gasteiger partial charge in [0.1, 0.15) is 0 Å². The Kier molecular flexibility index (Phi) is 5.60. The van der Waals surface area contributed by atoms with E-state index in [9.17, 15) is 4.79 Å². The Morgan fingerprint density at radius 3 is 2.44 bits per heavy atom. The number of hydrogen-bond donors (Lipinski definition) is 2. The fraction of sp³-hybridized carbons (Fsp3) is 0.929. The van der Waals surface area contributed by atoms with Gasteiger partial charge in [0.2, 0.25) is 5.91 Å². The Hall–Kier alpha value is -0.610. The fourth-order valence-electron chi connectivity index (χ4n) is 2.44. The van der Waals surface area contributed by atoms with E-state index in [4.69, 9.17) is 4.74 Å². The molecule has 0 aromatic heterocycles. The third-order valence-corrected chi connectivity index (χ3v) is 3.36. The zero-order valence-corrected chi connectivity index (χ0v) is 12.4. The van der Waals surface area contributed by atoms with E-state index < -0.39 is 0 Å². The van der Waals surface area contributed by atoms with Crippen LogP contribution in [0.4, 0.5) is 0 Å². The highest BCUT2D eigenvalue weighted by molar-refractivity contribution is 5.81. The lowest BCUT2D eigenvalue weighted by atomic mass is 9.92. The molecular weight excluding hydrogens is 228 g/mol. The third-order valence-electron chi connectivity index (χ3n) is 3.36. The predicted octanol–water partition coefficient (Wildman–Crippen LogP) is 1.84. The molecule has 106 valence electrons. The van der Waals surface area contributed by atoms with Gasteiger partial charge in [0.05, 0.1) is 12.1 Å². The lowest BCUT2D eigenvalue weighted by Crippen LogP contribution is -2.54. The van der Waals surface area contributed by atoms with Crippen LogP contribution in [0.1, 0.15) is 53.4 Å².